The molecule has 0 fully saturated rings. The van der Waals surface area contributed by atoms with Gasteiger partial charge in [0.15, 0.2) is 0 Å². The number of halogens is 1. The summed E-state index contributed by atoms with van der Waals surface area (Å²) < 4.78 is 12.8. The molecular formula is C13H20FNO. The van der Waals surface area contributed by atoms with E-state index < -0.39 is 0 Å². The second kappa shape index (κ2) is 5.97. The van der Waals surface area contributed by atoms with Crippen LogP contribution in [0.4, 0.5) is 4.39 Å². The molecule has 0 aliphatic carbocycles. The van der Waals surface area contributed by atoms with Gasteiger partial charge < -0.3 is 5.11 Å². The van der Waals surface area contributed by atoms with Crippen molar-refractivity contribution in [3.05, 3.63) is 35.6 Å². The van der Waals surface area contributed by atoms with Crippen LogP contribution in [0.3, 0.4) is 0 Å². The fraction of sp³-hybridized carbons (Fsp3) is 0.538. The van der Waals surface area contributed by atoms with Gasteiger partial charge in [-0.25, -0.2) is 4.39 Å². The summed E-state index contributed by atoms with van der Waals surface area (Å²) in [5, 5.41) is 9.02. The van der Waals surface area contributed by atoms with E-state index in [2.05, 4.69) is 25.7 Å². The van der Waals surface area contributed by atoms with Crippen molar-refractivity contribution in [3.8, 4) is 0 Å². The molecular weight excluding hydrogens is 205 g/mol. The first kappa shape index (κ1) is 13.1. The van der Waals surface area contributed by atoms with E-state index in [1.807, 2.05) is 0 Å². The van der Waals surface area contributed by atoms with Crippen molar-refractivity contribution < 1.29 is 9.50 Å². The molecule has 0 aliphatic heterocycles. The van der Waals surface area contributed by atoms with Crippen molar-refractivity contribution >= 4 is 0 Å². The molecule has 0 aromatic heterocycles. The Morgan fingerprint density at radius 1 is 1.19 bits per heavy atom. The van der Waals surface area contributed by atoms with E-state index in [0.29, 0.717) is 12.6 Å². The molecule has 3 heteroatoms. The average molecular weight is 225 g/mol. The van der Waals surface area contributed by atoms with Gasteiger partial charge in [-0.3, -0.25) is 4.90 Å². The van der Waals surface area contributed by atoms with Crippen molar-refractivity contribution in [2.24, 2.45) is 0 Å². The van der Waals surface area contributed by atoms with Crippen LogP contribution in [0.1, 0.15) is 32.4 Å². The molecule has 1 rings (SSSR count). The number of aliphatic hydroxyl groups excluding tert-OH is 1. The number of nitrogens with zero attached hydrogens (tertiary/aromatic N) is 1. The number of benzene rings is 1. The maximum atomic E-state index is 12.8. The van der Waals surface area contributed by atoms with E-state index in [9.17, 15) is 4.39 Å². The zero-order valence-electron chi connectivity index (χ0n) is 10.2. The summed E-state index contributed by atoms with van der Waals surface area (Å²) in [4.78, 5) is 2.19. The Morgan fingerprint density at radius 3 is 2.19 bits per heavy atom. The Kier molecular flexibility index (Phi) is 4.90. The van der Waals surface area contributed by atoms with Gasteiger partial charge in [-0.05, 0) is 38.5 Å². The predicted molar refractivity (Wildman–Crippen MR) is 63.7 cm³/mol. The monoisotopic (exact) mass is 225 g/mol. The van der Waals surface area contributed by atoms with E-state index in [1.54, 1.807) is 12.1 Å². The standard InChI is InChI=1S/C13H20FNO/c1-10(2)15(8-9-16)11(3)12-4-6-13(14)7-5-12/h4-7,10-11,16H,8-9H2,1-3H3/t11-/m0/s1. The van der Waals surface area contributed by atoms with E-state index in [1.165, 1.54) is 12.1 Å². The van der Waals surface area contributed by atoms with Crippen LogP contribution in [0.2, 0.25) is 0 Å². The van der Waals surface area contributed by atoms with Gasteiger partial charge in [0.25, 0.3) is 0 Å². The molecule has 0 heterocycles. The minimum Gasteiger partial charge on any atom is -0.395 e. The van der Waals surface area contributed by atoms with Gasteiger partial charge in [0, 0.05) is 18.6 Å². The van der Waals surface area contributed by atoms with Crippen LogP contribution in [-0.2, 0) is 0 Å². The number of hydrogen-bond acceptors (Lipinski definition) is 2. The zero-order chi connectivity index (χ0) is 12.1. The van der Waals surface area contributed by atoms with Crippen LogP contribution in [-0.4, -0.2) is 29.2 Å². The van der Waals surface area contributed by atoms with E-state index in [4.69, 9.17) is 5.11 Å². The Morgan fingerprint density at radius 2 is 1.75 bits per heavy atom. The lowest BCUT2D eigenvalue weighted by molar-refractivity contribution is 0.126. The van der Waals surface area contributed by atoms with Crippen molar-refractivity contribution in [3.63, 3.8) is 0 Å². The van der Waals surface area contributed by atoms with E-state index in [-0.39, 0.29) is 18.5 Å². The van der Waals surface area contributed by atoms with Gasteiger partial charge in [-0.2, -0.15) is 0 Å². The highest BCUT2D eigenvalue weighted by atomic mass is 19.1. The first-order valence-electron chi connectivity index (χ1n) is 5.68. The molecule has 0 spiro atoms. The third-order valence-corrected chi connectivity index (χ3v) is 2.87. The average Bonchev–Trinajstić information content (AvgIpc) is 2.25. The first-order valence-corrected chi connectivity index (χ1v) is 5.68. The maximum Gasteiger partial charge on any atom is 0.123 e. The highest BCUT2D eigenvalue weighted by molar-refractivity contribution is 5.19. The minimum absolute atomic E-state index is 0.143. The van der Waals surface area contributed by atoms with Gasteiger partial charge >= 0.3 is 0 Å². The molecule has 1 aromatic rings. The van der Waals surface area contributed by atoms with Crippen LogP contribution in [0.5, 0.6) is 0 Å². The maximum absolute atomic E-state index is 12.8. The second-order valence-corrected chi connectivity index (χ2v) is 4.28. The Balaban J connectivity index is 2.81. The summed E-state index contributed by atoms with van der Waals surface area (Å²) in [6.07, 6.45) is 0. The molecule has 0 saturated heterocycles. The molecule has 1 N–H and O–H groups in total. The largest absolute Gasteiger partial charge is 0.395 e. The summed E-state index contributed by atoms with van der Waals surface area (Å²) in [7, 11) is 0. The normalized spacial score (nSPS) is 13.4. The van der Waals surface area contributed by atoms with Gasteiger partial charge in [0.05, 0.1) is 6.61 Å². The lowest BCUT2D eigenvalue weighted by Crippen LogP contribution is -2.35. The molecule has 0 bridgehead atoms. The van der Waals surface area contributed by atoms with Crippen LogP contribution in [0, 0.1) is 5.82 Å². The summed E-state index contributed by atoms with van der Waals surface area (Å²) in [5.41, 5.74) is 1.07. The number of hydrogen-bond donors (Lipinski definition) is 1. The Labute approximate surface area is 96.7 Å². The number of rotatable bonds is 5. The van der Waals surface area contributed by atoms with Crippen LogP contribution in [0.15, 0.2) is 24.3 Å². The third kappa shape index (κ3) is 3.29. The molecule has 1 aromatic carbocycles. The predicted octanol–water partition coefficient (Wildman–Crippen LogP) is 2.59. The summed E-state index contributed by atoms with van der Waals surface area (Å²) in [5.74, 6) is -0.214. The molecule has 0 radical (unpaired) electrons. The van der Waals surface area contributed by atoms with Crippen LogP contribution < -0.4 is 0 Å². The topological polar surface area (TPSA) is 23.5 Å². The third-order valence-electron chi connectivity index (χ3n) is 2.87. The fourth-order valence-corrected chi connectivity index (χ4v) is 1.95. The Bertz CT molecular complexity index is 310. The summed E-state index contributed by atoms with van der Waals surface area (Å²) in [6.45, 7) is 7.04. The number of aliphatic hydroxyl groups is 1. The Hall–Kier alpha value is -0.930. The van der Waals surface area contributed by atoms with Crippen molar-refractivity contribution in [2.75, 3.05) is 13.2 Å². The quantitative estimate of drug-likeness (QED) is 0.832. The van der Waals surface area contributed by atoms with Crippen molar-refractivity contribution in [1.82, 2.24) is 4.90 Å². The van der Waals surface area contributed by atoms with Gasteiger partial charge in [-0.15, -0.1) is 0 Å². The SMILES string of the molecule is CC(C)N(CCO)[C@@H](C)c1ccc(F)cc1. The van der Waals surface area contributed by atoms with E-state index >= 15 is 0 Å². The van der Waals surface area contributed by atoms with E-state index in [0.717, 1.165) is 5.56 Å². The van der Waals surface area contributed by atoms with Gasteiger partial charge in [0.2, 0.25) is 0 Å². The zero-order valence-corrected chi connectivity index (χ0v) is 10.2. The highest BCUT2D eigenvalue weighted by Crippen LogP contribution is 2.22. The molecule has 1 atom stereocenters. The summed E-state index contributed by atoms with van der Waals surface area (Å²) >= 11 is 0. The van der Waals surface area contributed by atoms with Crippen LogP contribution in [0.25, 0.3) is 0 Å². The van der Waals surface area contributed by atoms with Crippen molar-refractivity contribution in [2.45, 2.75) is 32.9 Å². The molecule has 0 unspecified atom stereocenters. The minimum atomic E-state index is -0.214. The highest BCUT2D eigenvalue weighted by Gasteiger charge is 2.17. The fourth-order valence-electron chi connectivity index (χ4n) is 1.95. The lowest BCUT2D eigenvalue weighted by Gasteiger charge is -2.32. The summed E-state index contributed by atoms with van der Waals surface area (Å²) in [6, 6.07) is 7.09. The van der Waals surface area contributed by atoms with Crippen molar-refractivity contribution in [1.29, 1.82) is 0 Å². The van der Waals surface area contributed by atoms with Gasteiger partial charge in [-0.1, -0.05) is 12.1 Å². The van der Waals surface area contributed by atoms with Gasteiger partial charge in [0.1, 0.15) is 5.82 Å². The van der Waals surface area contributed by atoms with Crippen LogP contribution >= 0.6 is 0 Å². The first-order chi connectivity index (χ1) is 7.56. The molecule has 90 valence electrons. The molecule has 0 amide bonds. The smallest absolute Gasteiger partial charge is 0.123 e. The molecule has 2 nitrogen and oxygen atoms in total. The lowest BCUT2D eigenvalue weighted by atomic mass is 10.1. The molecule has 0 aliphatic rings. The molecule has 0 saturated carbocycles. The molecule has 16 heavy (non-hydrogen) atoms. The second-order valence-electron chi connectivity index (χ2n) is 4.28.